The number of halogens is 3. The number of aliphatic carboxylic acids is 1. The number of carboxylic acids is 1. The van der Waals surface area contributed by atoms with E-state index in [4.69, 9.17) is 34.0 Å². The molecule has 14 heavy (non-hydrogen) atoms. The molecule has 0 unspecified atom stereocenters. The Morgan fingerprint density at radius 2 is 2.07 bits per heavy atom. The quantitative estimate of drug-likeness (QED) is 0.776. The molecule has 0 aliphatic heterocycles. The average molecular weight is 238 g/mol. The Morgan fingerprint density at radius 3 is 2.57 bits per heavy atom. The molecule has 1 atom stereocenters. The second-order valence-corrected chi connectivity index (χ2v) is 3.39. The predicted molar refractivity (Wildman–Crippen MR) is 51.0 cm³/mol. The largest absolute Gasteiger partial charge is 0.480 e. The summed E-state index contributed by atoms with van der Waals surface area (Å²) in [5.74, 6) is -1.97. The molecule has 0 bridgehead atoms. The number of hydrogen-bond donors (Lipinski definition) is 2. The van der Waals surface area contributed by atoms with Gasteiger partial charge in [0.25, 0.3) is 0 Å². The second-order valence-electron chi connectivity index (χ2n) is 2.61. The van der Waals surface area contributed by atoms with Gasteiger partial charge in [0.15, 0.2) is 0 Å². The van der Waals surface area contributed by atoms with Gasteiger partial charge in [-0.25, -0.2) is 4.39 Å². The van der Waals surface area contributed by atoms with E-state index >= 15 is 0 Å². The van der Waals surface area contributed by atoms with Crippen molar-refractivity contribution in [2.24, 2.45) is 5.73 Å². The van der Waals surface area contributed by atoms with E-state index in [0.29, 0.717) is 0 Å². The molecule has 3 N–H and O–H groups in total. The van der Waals surface area contributed by atoms with Crippen molar-refractivity contribution in [2.45, 2.75) is 6.04 Å². The summed E-state index contributed by atoms with van der Waals surface area (Å²) in [6.45, 7) is 0. The molecule has 0 aliphatic rings. The average Bonchev–Trinajstić information content (AvgIpc) is 2.09. The zero-order valence-corrected chi connectivity index (χ0v) is 8.31. The van der Waals surface area contributed by atoms with Crippen LogP contribution in [0, 0.1) is 5.82 Å². The van der Waals surface area contributed by atoms with Gasteiger partial charge < -0.3 is 10.8 Å². The molecule has 76 valence electrons. The maximum absolute atomic E-state index is 12.8. The number of carboxylic acid groups (broad SMARTS) is 1. The molecule has 0 heterocycles. The molecular weight excluding hydrogens is 232 g/mol. The van der Waals surface area contributed by atoms with Crippen molar-refractivity contribution in [1.82, 2.24) is 0 Å². The van der Waals surface area contributed by atoms with Crippen LogP contribution in [0.4, 0.5) is 4.39 Å². The highest BCUT2D eigenvalue weighted by Crippen LogP contribution is 2.30. The van der Waals surface area contributed by atoms with E-state index in [2.05, 4.69) is 0 Å². The van der Waals surface area contributed by atoms with Crippen LogP contribution in [0.2, 0.25) is 10.0 Å². The van der Waals surface area contributed by atoms with Crippen LogP contribution in [0.15, 0.2) is 12.1 Å². The smallest absolute Gasteiger partial charge is 0.325 e. The topological polar surface area (TPSA) is 63.3 Å². The Morgan fingerprint density at radius 1 is 1.50 bits per heavy atom. The summed E-state index contributed by atoms with van der Waals surface area (Å²) < 4.78 is 12.8. The lowest BCUT2D eigenvalue weighted by molar-refractivity contribution is -0.138. The normalized spacial score (nSPS) is 12.6. The third kappa shape index (κ3) is 2.15. The first-order valence-corrected chi connectivity index (χ1v) is 4.32. The van der Waals surface area contributed by atoms with Gasteiger partial charge in [-0.2, -0.15) is 0 Å². The van der Waals surface area contributed by atoms with Gasteiger partial charge in [0.2, 0.25) is 0 Å². The first-order valence-electron chi connectivity index (χ1n) is 3.56. The van der Waals surface area contributed by atoms with Gasteiger partial charge in [0, 0.05) is 5.56 Å². The fourth-order valence-corrected chi connectivity index (χ4v) is 1.38. The van der Waals surface area contributed by atoms with Crippen molar-refractivity contribution in [3.05, 3.63) is 33.6 Å². The van der Waals surface area contributed by atoms with E-state index in [9.17, 15) is 9.18 Å². The van der Waals surface area contributed by atoms with Crippen LogP contribution in [0.5, 0.6) is 0 Å². The van der Waals surface area contributed by atoms with Crippen LogP contribution in [0.25, 0.3) is 0 Å². The maximum Gasteiger partial charge on any atom is 0.325 e. The van der Waals surface area contributed by atoms with Crippen LogP contribution in [0.3, 0.4) is 0 Å². The molecule has 0 aromatic heterocycles. The Bertz CT molecular complexity index is 384. The van der Waals surface area contributed by atoms with Crippen molar-refractivity contribution < 1.29 is 14.3 Å². The van der Waals surface area contributed by atoms with Gasteiger partial charge in [-0.1, -0.05) is 23.2 Å². The van der Waals surface area contributed by atoms with E-state index in [1.165, 1.54) is 0 Å². The van der Waals surface area contributed by atoms with Crippen LogP contribution >= 0.6 is 23.2 Å². The molecule has 1 aromatic carbocycles. The molecule has 0 amide bonds. The number of hydrogen-bond acceptors (Lipinski definition) is 2. The standard InChI is InChI=1S/C8H6Cl2FNO2/c9-5-2-3(11)1-4(6(5)10)7(12)8(13)14/h1-2,7H,12H2,(H,13,14)/t7-/m1/s1. The first-order chi connectivity index (χ1) is 6.43. The zero-order chi connectivity index (χ0) is 10.9. The Kier molecular flexibility index (Phi) is 3.31. The highest BCUT2D eigenvalue weighted by Gasteiger charge is 2.20. The molecule has 0 aliphatic carbocycles. The summed E-state index contributed by atoms with van der Waals surface area (Å²) in [4.78, 5) is 10.5. The molecule has 0 saturated carbocycles. The van der Waals surface area contributed by atoms with Gasteiger partial charge >= 0.3 is 5.97 Å². The molecule has 6 heteroatoms. The first kappa shape index (κ1) is 11.2. The molecule has 0 saturated heterocycles. The van der Waals surface area contributed by atoms with E-state index < -0.39 is 17.8 Å². The fraction of sp³-hybridized carbons (Fsp3) is 0.125. The predicted octanol–water partition coefficient (Wildman–Crippen LogP) is 2.22. The van der Waals surface area contributed by atoms with Crippen LogP contribution in [0.1, 0.15) is 11.6 Å². The minimum absolute atomic E-state index is 0.0378. The molecule has 1 rings (SSSR count). The highest BCUT2D eigenvalue weighted by molar-refractivity contribution is 6.42. The fourth-order valence-electron chi connectivity index (χ4n) is 0.935. The Labute approximate surface area is 89.2 Å². The maximum atomic E-state index is 12.8. The molecule has 3 nitrogen and oxygen atoms in total. The Balaban J connectivity index is 3.26. The lowest BCUT2D eigenvalue weighted by Gasteiger charge is -2.10. The van der Waals surface area contributed by atoms with Crippen LogP contribution in [-0.4, -0.2) is 11.1 Å². The summed E-state index contributed by atoms with van der Waals surface area (Å²) in [6, 6.07) is 0.560. The molecule has 0 radical (unpaired) electrons. The van der Waals surface area contributed by atoms with Gasteiger partial charge in [-0.3, -0.25) is 4.79 Å². The molecular formula is C8H6Cl2FNO2. The van der Waals surface area contributed by atoms with Crippen LogP contribution < -0.4 is 5.73 Å². The van der Waals surface area contributed by atoms with Gasteiger partial charge in [0.05, 0.1) is 10.0 Å². The van der Waals surface area contributed by atoms with E-state index in [1.54, 1.807) is 0 Å². The summed E-state index contributed by atoms with van der Waals surface area (Å²) in [7, 11) is 0. The van der Waals surface area contributed by atoms with Crippen molar-refractivity contribution in [3.63, 3.8) is 0 Å². The number of rotatable bonds is 2. The van der Waals surface area contributed by atoms with Crippen molar-refractivity contribution >= 4 is 29.2 Å². The summed E-state index contributed by atoms with van der Waals surface area (Å²) >= 11 is 11.2. The highest BCUT2D eigenvalue weighted by atomic mass is 35.5. The van der Waals surface area contributed by atoms with E-state index in [-0.39, 0.29) is 15.6 Å². The second kappa shape index (κ2) is 4.13. The SMILES string of the molecule is N[C@@H](C(=O)O)c1cc(F)cc(Cl)c1Cl. The van der Waals surface area contributed by atoms with E-state index in [0.717, 1.165) is 12.1 Å². The molecule has 1 aromatic rings. The minimum atomic E-state index is -1.38. The zero-order valence-electron chi connectivity index (χ0n) is 6.80. The Hall–Kier alpha value is -0.840. The van der Waals surface area contributed by atoms with Crippen molar-refractivity contribution in [1.29, 1.82) is 0 Å². The number of carbonyl (C=O) groups is 1. The summed E-state index contributed by atoms with van der Waals surface area (Å²) in [5.41, 5.74) is 5.23. The minimum Gasteiger partial charge on any atom is -0.480 e. The number of nitrogens with two attached hydrogens (primary N) is 1. The monoisotopic (exact) mass is 237 g/mol. The summed E-state index contributed by atoms with van der Waals surface area (Å²) in [6.07, 6.45) is 0. The van der Waals surface area contributed by atoms with Gasteiger partial charge in [0.1, 0.15) is 11.9 Å². The third-order valence-corrected chi connectivity index (χ3v) is 2.44. The molecule has 0 spiro atoms. The number of benzene rings is 1. The van der Waals surface area contributed by atoms with Crippen molar-refractivity contribution in [3.8, 4) is 0 Å². The third-order valence-electron chi connectivity index (χ3n) is 1.62. The van der Waals surface area contributed by atoms with Gasteiger partial charge in [-0.15, -0.1) is 0 Å². The molecule has 0 fully saturated rings. The van der Waals surface area contributed by atoms with Gasteiger partial charge in [-0.05, 0) is 12.1 Å². The lowest BCUT2D eigenvalue weighted by atomic mass is 10.1. The summed E-state index contributed by atoms with van der Waals surface area (Å²) in [5, 5.41) is 8.50. The van der Waals surface area contributed by atoms with Crippen LogP contribution in [-0.2, 0) is 4.79 Å². The lowest BCUT2D eigenvalue weighted by Crippen LogP contribution is -2.21. The van der Waals surface area contributed by atoms with E-state index in [1.807, 2.05) is 0 Å². The van der Waals surface area contributed by atoms with Crippen molar-refractivity contribution in [2.75, 3.05) is 0 Å².